The van der Waals surface area contributed by atoms with Crippen molar-refractivity contribution in [1.82, 2.24) is 15.5 Å². The zero-order valence-electron chi connectivity index (χ0n) is 12.0. The van der Waals surface area contributed by atoms with E-state index in [9.17, 15) is 0 Å². The average Bonchev–Trinajstić information content (AvgIpc) is 2.81. The minimum absolute atomic E-state index is 0.474. The monoisotopic (exact) mass is 259 g/mol. The minimum Gasteiger partial charge on any atom is -0.421 e. The Balaban J connectivity index is 2.10. The van der Waals surface area contributed by atoms with Gasteiger partial charge in [0.25, 0.3) is 0 Å². The fourth-order valence-electron chi connectivity index (χ4n) is 1.91. The first-order valence-corrected chi connectivity index (χ1v) is 6.70. The van der Waals surface area contributed by atoms with E-state index in [0.717, 1.165) is 18.5 Å². The third-order valence-corrected chi connectivity index (χ3v) is 3.19. The normalized spacial score (nSPS) is 11.2. The predicted octanol–water partition coefficient (Wildman–Crippen LogP) is 2.89. The summed E-state index contributed by atoms with van der Waals surface area (Å²) in [6.07, 6.45) is 0.760. The molecule has 2 rings (SSSR count). The molecule has 0 aliphatic heterocycles. The number of nitrogens with one attached hydrogen (secondary N) is 1. The standard InChI is InChI=1S/C15H21N3O/c1-10(2)16-9-8-14-17-18-15(19-14)13-7-5-6-11(3)12(13)4/h5-7,10,16H,8-9H2,1-4H3. The summed E-state index contributed by atoms with van der Waals surface area (Å²) in [4.78, 5) is 0. The molecule has 0 unspecified atom stereocenters. The molecule has 1 aromatic heterocycles. The zero-order valence-corrected chi connectivity index (χ0v) is 12.0. The maximum absolute atomic E-state index is 5.73. The highest BCUT2D eigenvalue weighted by atomic mass is 16.4. The van der Waals surface area contributed by atoms with E-state index in [4.69, 9.17) is 4.42 Å². The largest absolute Gasteiger partial charge is 0.421 e. The molecule has 2 aromatic rings. The molecule has 102 valence electrons. The van der Waals surface area contributed by atoms with Crippen LogP contribution in [0.2, 0.25) is 0 Å². The number of aromatic nitrogens is 2. The first-order valence-electron chi connectivity index (χ1n) is 6.70. The van der Waals surface area contributed by atoms with Gasteiger partial charge in [0.2, 0.25) is 11.8 Å². The van der Waals surface area contributed by atoms with Crippen molar-refractivity contribution in [2.45, 2.75) is 40.2 Å². The van der Waals surface area contributed by atoms with E-state index < -0.39 is 0 Å². The molecule has 0 saturated carbocycles. The Kier molecular flexibility index (Phi) is 4.32. The van der Waals surface area contributed by atoms with Gasteiger partial charge in [0.05, 0.1) is 0 Å². The van der Waals surface area contributed by atoms with Crippen LogP contribution in [0, 0.1) is 13.8 Å². The fraction of sp³-hybridized carbons (Fsp3) is 0.467. The number of hydrogen-bond acceptors (Lipinski definition) is 4. The number of nitrogens with zero attached hydrogens (tertiary/aromatic N) is 2. The van der Waals surface area contributed by atoms with Crippen LogP contribution in [0.5, 0.6) is 0 Å². The highest BCUT2D eigenvalue weighted by molar-refractivity contribution is 5.59. The van der Waals surface area contributed by atoms with Crippen LogP contribution in [0.1, 0.15) is 30.9 Å². The second-order valence-electron chi connectivity index (χ2n) is 5.11. The van der Waals surface area contributed by atoms with Gasteiger partial charge in [-0.3, -0.25) is 0 Å². The van der Waals surface area contributed by atoms with Gasteiger partial charge >= 0.3 is 0 Å². The Labute approximate surface area is 114 Å². The lowest BCUT2D eigenvalue weighted by Gasteiger charge is -2.05. The molecule has 0 spiro atoms. The van der Waals surface area contributed by atoms with Crippen LogP contribution < -0.4 is 5.32 Å². The lowest BCUT2D eigenvalue weighted by molar-refractivity contribution is 0.484. The summed E-state index contributed by atoms with van der Waals surface area (Å²) in [6, 6.07) is 6.60. The van der Waals surface area contributed by atoms with Gasteiger partial charge in [-0.15, -0.1) is 10.2 Å². The van der Waals surface area contributed by atoms with Gasteiger partial charge in [0, 0.05) is 24.6 Å². The van der Waals surface area contributed by atoms with Gasteiger partial charge < -0.3 is 9.73 Å². The quantitative estimate of drug-likeness (QED) is 0.897. The Morgan fingerprint density at radius 1 is 1.21 bits per heavy atom. The summed E-state index contributed by atoms with van der Waals surface area (Å²) >= 11 is 0. The Morgan fingerprint density at radius 3 is 2.74 bits per heavy atom. The molecule has 0 bridgehead atoms. The molecular weight excluding hydrogens is 238 g/mol. The van der Waals surface area contributed by atoms with Crippen LogP contribution in [-0.2, 0) is 6.42 Å². The van der Waals surface area contributed by atoms with Crippen molar-refractivity contribution in [2.24, 2.45) is 0 Å². The molecule has 0 saturated heterocycles. The molecule has 4 heteroatoms. The lowest BCUT2D eigenvalue weighted by Crippen LogP contribution is -2.25. The minimum atomic E-state index is 0.474. The summed E-state index contributed by atoms with van der Waals surface area (Å²) in [5, 5.41) is 11.6. The Morgan fingerprint density at radius 2 is 2.00 bits per heavy atom. The van der Waals surface area contributed by atoms with Crippen molar-refractivity contribution in [3.05, 3.63) is 35.2 Å². The van der Waals surface area contributed by atoms with Gasteiger partial charge in [0.15, 0.2) is 0 Å². The van der Waals surface area contributed by atoms with Gasteiger partial charge in [-0.2, -0.15) is 0 Å². The highest BCUT2D eigenvalue weighted by Gasteiger charge is 2.11. The van der Waals surface area contributed by atoms with E-state index in [1.54, 1.807) is 0 Å². The van der Waals surface area contributed by atoms with Crippen LogP contribution in [0.15, 0.2) is 22.6 Å². The van der Waals surface area contributed by atoms with Gasteiger partial charge in [-0.25, -0.2) is 0 Å². The van der Waals surface area contributed by atoms with Crippen molar-refractivity contribution in [3.8, 4) is 11.5 Å². The molecular formula is C15H21N3O. The number of rotatable bonds is 5. The molecule has 4 nitrogen and oxygen atoms in total. The SMILES string of the molecule is Cc1cccc(-c2nnc(CCNC(C)C)o2)c1C. The second-order valence-corrected chi connectivity index (χ2v) is 5.11. The predicted molar refractivity (Wildman–Crippen MR) is 76.1 cm³/mol. The molecule has 0 atom stereocenters. The maximum Gasteiger partial charge on any atom is 0.248 e. The number of hydrogen-bond donors (Lipinski definition) is 1. The topological polar surface area (TPSA) is 51.0 Å². The third kappa shape index (κ3) is 3.41. The molecule has 1 heterocycles. The maximum atomic E-state index is 5.73. The van der Waals surface area contributed by atoms with E-state index >= 15 is 0 Å². The van der Waals surface area contributed by atoms with Crippen molar-refractivity contribution in [2.75, 3.05) is 6.54 Å². The van der Waals surface area contributed by atoms with E-state index in [1.165, 1.54) is 11.1 Å². The molecule has 0 fully saturated rings. The summed E-state index contributed by atoms with van der Waals surface area (Å²) in [6.45, 7) is 9.26. The smallest absolute Gasteiger partial charge is 0.248 e. The van der Waals surface area contributed by atoms with Crippen molar-refractivity contribution >= 4 is 0 Å². The summed E-state index contributed by atoms with van der Waals surface area (Å²) in [5.41, 5.74) is 3.45. The summed E-state index contributed by atoms with van der Waals surface area (Å²) in [5.74, 6) is 1.30. The van der Waals surface area contributed by atoms with Crippen LogP contribution in [-0.4, -0.2) is 22.8 Å². The molecule has 1 aromatic carbocycles. The lowest BCUT2D eigenvalue weighted by atomic mass is 10.0. The first-order chi connectivity index (χ1) is 9.08. The molecule has 0 radical (unpaired) electrons. The van der Waals surface area contributed by atoms with Crippen LogP contribution >= 0.6 is 0 Å². The second kappa shape index (κ2) is 5.97. The van der Waals surface area contributed by atoms with E-state index in [-0.39, 0.29) is 0 Å². The molecule has 0 aliphatic carbocycles. The third-order valence-electron chi connectivity index (χ3n) is 3.19. The van der Waals surface area contributed by atoms with Crippen molar-refractivity contribution in [1.29, 1.82) is 0 Å². The Bertz CT molecular complexity index is 546. The number of benzene rings is 1. The van der Waals surface area contributed by atoms with E-state index in [2.05, 4.69) is 49.3 Å². The molecule has 0 aliphatic rings. The highest BCUT2D eigenvalue weighted by Crippen LogP contribution is 2.24. The molecule has 19 heavy (non-hydrogen) atoms. The molecule has 0 amide bonds. The van der Waals surface area contributed by atoms with E-state index in [1.807, 2.05) is 12.1 Å². The van der Waals surface area contributed by atoms with Gasteiger partial charge in [-0.1, -0.05) is 26.0 Å². The van der Waals surface area contributed by atoms with Crippen molar-refractivity contribution in [3.63, 3.8) is 0 Å². The number of aryl methyl sites for hydroxylation is 1. The first kappa shape index (κ1) is 13.7. The van der Waals surface area contributed by atoms with E-state index in [0.29, 0.717) is 17.8 Å². The van der Waals surface area contributed by atoms with Crippen LogP contribution in [0.4, 0.5) is 0 Å². The van der Waals surface area contributed by atoms with Gasteiger partial charge in [-0.05, 0) is 31.0 Å². The van der Waals surface area contributed by atoms with Crippen LogP contribution in [0.3, 0.4) is 0 Å². The summed E-state index contributed by atoms with van der Waals surface area (Å²) < 4.78 is 5.73. The average molecular weight is 259 g/mol. The molecule has 1 N–H and O–H groups in total. The zero-order chi connectivity index (χ0) is 13.8. The Hall–Kier alpha value is -1.68. The fourth-order valence-corrected chi connectivity index (χ4v) is 1.91. The van der Waals surface area contributed by atoms with Gasteiger partial charge in [0.1, 0.15) is 0 Å². The van der Waals surface area contributed by atoms with Crippen LogP contribution in [0.25, 0.3) is 11.5 Å². The summed E-state index contributed by atoms with van der Waals surface area (Å²) in [7, 11) is 0. The van der Waals surface area contributed by atoms with Crippen molar-refractivity contribution < 1.29 is 4.42 Å².